The first-order chi connectivity index (χ1) is 3.77. The normalized spacial score (nSPS) is 9.25. The SMILES string of the molecule is C=C(C)CCNCN. The van der Waals surface area contributed by atoms with Crippen LogP contribution in [0.5, 0.6) is 0 Å². The van der Waals surface area contributed by atoms with Gasteiger partial charge in [0.05, 0.1) is 0 Å². The van der Waals surface area contributed by atoms with E-state index in [1.807, 2.05) is 6.92 Å². The third kappa shape index (κ3) is 5.66. The smallest absolute Gasteiger partial charge is 0.0428 e. The second kappa shape index (κ2) is 4.81. The van der Waals surface area contributed by atoms with Gasteiger partial charge in [0.15, 0.2) is 0 Å². The van der Waals surface area contributed by atoms with Crippen molar-refractivity contribution < 1.29 is 0 Å². The van der Waals surface area contributed by atoms with Gasteiger partial charge in [-0.25, -0.2) is 0 Å². The predicted molar refractivity (Wildman–Crippen MR) is 36.5 cm³/mol. The van der Waals surface area contributed by atoms with Gasteiger partial charge in [0, 0.05) is 13.2 Å². The second-order valence-corrected chi connectivity index (χ2v) is 1.91. The molecule has 0 aromatic carbocycles. The van der Waals surface area contributed by atoms with Crippen molar-refractivity contribution in [2.75, 3.05) is 13.2 Å². The topological polar surface area (TPSA) is 38.0 Å². The van der Waals surface area contributed by atoms with Crippen LogP contribution < -0.4 is 11.1 Å². The summed E-state index contributed by atoms with van der Waals surface area (Å²) < 4.78 is 0. The standard InChI is InChI=1S/C6H14N2/c1-6(2)3-4-8-5-7/h8H,1,3-5,7H2,2H3. The molecule has 8 heavy (non-hydrogen) atoms. The third-order valence-electron chi connectivity index (χ3n) is 0.873. The molecule has 0 saturated carbocycles. The number of nitrogens with one attached hydrogen (secondary N) is 1. The molecule has 2 heteroatoms. The van der Waals surface area contributed by atoms with Crippen molar-refractivity contribution in [3.05, 3.63) is 12.2 Å². The van der Waals surface area contributed by atoms with Gasteiger partial charge in [-0.15, -0.1) is 6.58 Å². The van der Waals surface area contributed by atoms with Crippen molar-refractivity contribution in [3.63, 3.8) is 0 Å². The van der Waals surface area contributed by atoms with Crippen LogP contribution in [0.15, 0.2) is 12.2 Å². The maximum absolute atomic E-state index is 5.17. The quantitative estimate of drug-likeness (QED) is 0.316. The van der Waals surface area contributed by atoms with Gasteiger partial charge in [-0.3, -0.25) is 0 Å². The molecular weight excluding hydrogens is 100 g/mol. The van der Waals surface area contributed by atoms with Crippen LogP contribution in [0.2, 0.25) is 0 Å². The minimum absolute atomic E-state index is 0.563. The van der Waals surface area contributed by atoms with E-state index >= 15 is 0 Å². The van der Waals surface area contributed by atoms with E-state index in [2.05, 4.69) is 11.9 Å². The molecule has 48 valence electrons. The Morgan fingerprint density at radius 1 is 1.75 bits per heavy atom. The van der Waals surface area contributed by atoms with Crippen LogP contribution in [0.25, 0.3) is 0 Å². The first-order valence-corrected chi connectivity index (χ1v) is 2.82. The van der Waals surface area contributed by atoms with Crippen LogP contribution in [0.3, 0.4) is 0 Å². The highest BCUT2D eigenvalue weighted by Gasteiger charge is 1.82. The molecule has 0 radical (unpaired) electrons. The van der Waals surface area contributed by atoms with Crippen molar-refractivity contribution in [2.24, 2.45) is 5.73 Å². The van der Waals surface area contributed by atoms with Gasteiger partial charge < -0.3 is 11.1 Å². The van der Waals surface area contributed by atoms with E-state index in [-0.39, 0.29) is 0 Å². The summed E-state index contributed by atoms with van der Waals surface area (Å²) in [7, 11) is 0. The minimum atomic E-state index is 0.563. The van der Waals surface area contributed by atoms with E-state index in [9.17, 15) is 0 Å². The van der Waals surface area contributed by atoms with Crippen LogP contribution in [0.4, 0.5) is 0 Å². The van der Waals surface area contributed by atoms with Crippen LogP contribution in [0.1, 0.15) is 13.3 Å². The Bertz CT molecular complexity index is 68.9. The lowest BCUT2D eigenvalue weighted by Gasteiger charge is -1.98. The van der Waals surface area contributed by atoms with E-state index in [0.29, 0.717) is 6.67 Å². The maximum Gasteiger partial charge on any atom is 0.0428 e. The van der Waals surface area contributed by atoms with Crippen LogP contribution >= 0.6 is 0 Å². The lowest BCUT2D eigenvalue weighted by atomic mass is 10.2. The fourth-order valence-corrected chi connectivity index (χ4v) is 0.404. The van der Waals surface area contributed by atoms with Crippen molar-refractivity contribution in [2.45, 2.75) is 13.3 Å². The molecular formula is C6H14N2. The van der Waals surface area contributed by atoms with E-state index in [1.54, 1.807) is 0 Å². The fourth-order valence-electron chi connectivity index (χ4n) is 0.404. The summed E-state index contributed by atoms with van der Waals surface area (Å²) in [4.78, 5) is 0. The number of hydrogen-bond acceptors (Lipinski definition) is 2. The summed E-state index contributed by atoms with van der Waals surface area (Å²) in [6, 6.07) is 0. The number of hydrogen-bond donors (Lipinski definition) is 2. The highest BCUT2D eigenvalue weighted by molar-refractivity contribution is 4.87. The van der Waals surface area contributed by atoms with Crippen LogP contribution in [-0.2, 0) is 0 Å². The maximum atomic E-state index is 5.17. The molecule has 0 amide bonds. The van der Waals surface area contributed by atoms with Crippen LogP contribution in [-0.4, -0.2) is 13.2 Å². The highest BCUT2D eigenvalue weighted by atomic mass is 14.9. The van der Waals surface area contributed by atoms with E-state index in [0.717, 1.165) is 13.0 Å². The molecule has 0 saturated heterocycles. The second-order valence-electron chi connectivity index (χ2n) is 1.91. The molecule has 0 fully saturated rings. The van der Waals surface area contributed by atoms with Crippen molar-refractivity contribution >= 4 is 0 Å². The Balaban J connectivity index is 2.82. The van der Waals surface area contributed by atoms with Gasteiger partial charge in [0.1, 0.15) is 0 Å². The van der Waals surface area contributed by atoms with E-state index < -0.39 is 0 Å². The predicted octanol–water partition coefficient (Wildman–Crippen LogP) is 0.458. The van der Waals surface area contributed by atoms with Crippen molar-refractivity contribution in [3.8, 4) is 0 Å². The monoisotopic (exact) mass is 114 g/mol. The molecule has 0 unspecified atom stereocenters. The fraction of sp³-hybridized carbons (Fsp3) is 0.667. The van der Waals surface area contributed by atoms with Gasteiger partial charge >= 0.3 is 0 Å². The summed E-state index contributed by atoms with van der Waals surface area (Å²) in [5, 5.41) is 3.00. The molecule has 3 N–H and O–H groups in total. The zero-order chi connectivity index (χ0) is 6.41. The van der Waals surface area contributed by atoms with Gasteiger partial charge in [-0.2, -0.15) is 0 Å². The van der Waals surface area contributed by atoms with E-state index in [4.69, 9.17) is 5.73 Å². The molecule has 0 atom stereocenters. The average Bonchev–Trinajstić information content (AvgIpc) is 1.66. The Kier molecular flexibility index (Phi) is 4.61. The highest BCUT2D eigenvalue weighted by Crippen LogP contribution is 1.90. The number of nitrogens with two attached hydrogens (primary N) is 1. The zero-order valence-electron chi connectivity index (χ0n) is 5.41. The first kappa shape index (κ1) is 7.66. The van der Waals surface area contributed by atoms with Crippen molar-refractivity contribution in [1.82, 2.24) is 5.32 Å². The molecule has 0 heterocycles. The molecule has 0 aromatic heterocycles. The molecule has 0 spiro atoms. The molecule has 0 rings (SSSR count). The van der Waals surface area contributed by atoms with Gasteiger partial charge in [-0.05, 0) is 13.3 Å². The first-order valence-electron chi connectivity index (χ1n) is 2.82. The van der Waals surface area contributed by atoms with Crippen molar-refractivity contribution in [1.29, 1.82) is 0 Å². The molecule has 0 aliphatic carbocycles. The lowest BCUT2D eigenvalue weighted by molar-refractivity contribution is 0.699. The Labute approximate surface area is 50.8 Å². The third-order valence-corrected chi connectivity index (χ3v) is 0.873. The van der Waals surface area contributed by atoms with E-state index in [1.165, 1.54) is 5.57 Å². The van der Waals surface area contributed by atoms with Gasteiger partial charge in [0.2, 0.25) is 0 Å². The summed E-state index contributed by atoms with van der Waals surface area (Å²) in [6.07, 6.45) is 1.02. The largest absolute Gasteiger partial charge is 0.318 e. The van der Waals surface area contributed by atoms with Gasteiger partial charge in [-0.1, -0.05) is 5.57 Å². The molecule has 0 bridgehead atoms. The summed E-state index contributed by atoms with van der Waals surface area (Å²) in [5.41, 5.74) is 6.37. The Morgan fingerprint density at radius 2 is 2.38 bits per heavy atom. The Morgan fingerprint density at radius 3 is 2.75 bits per heavy atom. The summed E-state index contributed by atoms with van der Waals surface area (Å²) >= 11 is 0. The zero-order valence-corrected chi connectivity index (χ0v) is 5.41. The molecule has 0 aliphatic rings. The molecule has 0 aromatic rings. The summed E-state index contributed by atoms with van der Waals surface area (Å²) in [5.74, 6) is 0. The van der Waals surface area contributed by atoms with Gasteiger partial charge in [0.25, 0.3) is 0 Å². The molecule has 2 nitrogen and oxygen atoms in total. The summed E-state index contributed by atoms with van der Waals surface area (Å²) in [6.45, 7) is 7.27. The minimum Gasteiger partial charge on any atom is -0.318 e. The number of rotatable bonds is 4. The van der Waals surface area contributed by atoms with Crippen LogP contribution in [0, 0.1) is 0 Å². The molecule has 0 aliphatic heterocycles. The average molecular weight is 114 g/mol. The Hall–Kier alpha value is -0.340. The lowest BCUT2D eigenvalue weighted by Crippen LogP contribution is -2.23.